The first-order chi connectivity index (χ1) is 8.29. The summed E-state index contributed by atoms with van der Waals surface area (Å²) in [4.78, 5) is 13.9. The molecule has 5 heteroatoms. The predicted molar refractivity (Wildman–Crippen MR) is 67.4 cm³/mol. The van der Waals surface area contributed by atoms with E-state index >= 15 is 0 Å². The summed E-state index contributed by atoms with van der Waals surface area (Å²) in [6, 6.07) is 0.368. The number of hydrogen-bond donors (Lipinski definition) is 0. The van der Waals surface area contributed by atoms with Gasteiger partial charge >= 0.3 is 0 Å². The Balaban J connectivity index is 2.24. The van der Waals surface area contributed by atoms with Crippen LogP contribution in [0.4, 0.5) is 0 Å². The highest BCUT2D eigenvalue weighted by atomic mass is 35.5. The van der Waals surface area contributed by atoms with Gasteiger partial charge in [0.25, 0.3) is 0 Å². The van der Waals surface area contributed by atoms with Crippen LogP contribution in [0.25, 0.3) is 0 Å². The average Bonchev–Trinajstić information content (AvgIpc) is 2.80. The van der Waals surface area contributed by atoms with E-state index in [1.807, 2.05) is 4.90 Å². The molecule has 0 radical (unpaired) electrons. The second kappa shape index (κ2) is 8.72. The number of nitrogens with zero attached hydrogens (tertiary/aromatic N) is 1. The van der Waals surface area contributed by atoms with Crippen LogP contribution in [0.1, 0.15) is 25.7 Å². The van der Waals surface area contributed by atoms with E-state index in [1.165, 1.54) is 0 Å². The molecule has 1 saturated heterocycles. The fraction of sp³-hybridized carbons (Fsp3) is 0.917. The molecule has 0 spiro atoms. The molecule has 0 aromatic carbocycles. The van der Waals surface area contributed by atoms with E-state index in [9.17, 15) is 4.79 Å². The topological polar surface area (TPSA) is 38.8 Å². The lowest BCUT2D eigenvalue weighted by molar-refractivity contribution is -0.137. The molecule has 1 fully saturated rings. The van der Waals surface area contributed by atoms with Crippen molar-refractivity contribution in [3.05, 3.63) is 0 Å². The third kappa shape index (κ3) is 5.23. The summed E-state index contributed by atoms with van der Waals surface area (Å²) in [6.07, 6.45) is 4.17. The molecule has 1 rings (SSSR count). The Labute approximate surface area is 108 Å². The Hall–Kier alpha value is -0.320. The predicted octanol–water partition coefficient (Wildman–Crippen LogP) is 1.66. The van der Waals surface area contributed by atoms with Crippen LogP contribution in [0.15, 0.2) is 0 Å². The molecule has 0 aliphatic carbocycles. The number of ether oxygens (including phenoxy) is 2. The molecule has 0 saturated carbocycles. The summed E-state index contributed by atoms with van der Waals surface area (Å²) < 4.78 is 10.1. The van der Waals surface area contributed by atoms with E-state index in [0.29, 0.717) is 25.1 Å². The van der Waals surface area contributed by atoms with Crippen molar-refractivity contribution in [1.29, 1.82) is 0 Å². The maximum atomic E-state index is 11.9. The quantitative estimate of drug-likeness (QED) is 0.494. The van der Waals surface area contributed by atoms with Gasteiger partial charge in [0.15, 0.2) is 0 Å². The highest BCUT2D eigenvalue weighted by Gasteiger charge is 2.27. The number of carbonyl (C=O) groups is 1. The van der Waals surface area contributed by atoms with Crippen molar-refractivity contribution in [2.75, 3.05) is 39.4 Å². The summed E-state index contributed by atoms with van der Waals surface area (Å²) in [5.41, 5.74) is 0. The molecular weight excluding hydrogens is 242 g/mol. The first kappa shape index (κ1) is 14.7. The molecular formula is C12H22ClNO3. The van der Waals surface area contributed by atoms with E-state index in [-0.39, 0.29) is 12.5 Å². The molecule has 1 heterocycles. The molecule has 17 heavy (non-hydrogen) atoms. The maximum Gasteiger partial charge on any atom is 0.248 e. The normalized spacial score (nSPS) is 19.9. The van der Waals surface area contributed by atoms with E-state index in [4.69, 9.17) is 21.1 Å². The zero-order valence-corrected chi connectivity index (χ0v) is 11.2. The third-order valence-corrected chi connectivity index (χ3v) is 3.29. The Bertz CT molecular complexity index is 226. The van der Waals surface area contributed by atoms with Crippen molar-refractivity contribution in [1.82, 2.24) is 4.90 Å². The zero-order valence-electron chi connectivity index (χ0n) is 10.5. The number of methoxy groups -OCH3 is 1. The van der Waals surface area contributed by atoms with Crippen LogP contribution in [0.5, 0.6) is 0 Å². The fourth-order valence-electron chi connectivity index (χ4n) is 2.16. The monoisotopic (exact) mass is 263 g/mol. The van der Waals surface area contributed by atoms with Gasteiger partial charge in [0.2, 0.25) is 5.91 Å². The van der Waals surface area contributed by atoms with E-state index in [1.54, 1.807) is 7.11 Å². The van der Waals surface area contributed by atoms with Gasteiger partial charge in [0.05, 0.1) is 13.2 Å². The van der Waals surface area contributed by atoms with Crippen LogP contribution in [0.3, 0.4) is 0 Å². The highest BCUT2D eigenvalue weighted by Crippen LogP contribution is 2.21. The summed E-state index contributed by atoms with van der Waals surface area (Å²) in [5, 5.41) is 0. The Kier molecular flexibility index (Phi) is 7.56. The van der Waals surface area contributed by atoms with Gasteiger partial charge in [-0.1, -0.05) is 0 Å². The number of alkyl halides is 1. The molecule has 0 aromatic rings. The van der Waals surface area contributed by atoms with E-state index < -0.39 is 0 Å². The molecule has 0 N–H and O–H groups in total. The van der Waals surface area contributed by atoms with Crippen molar-refractivity contribution in [2.24, 2.45) is 0 Å². The number of amides is 1. The van der Waals surface area contributed by atoms with Crippen molar-refractivity contribution < 1.29 is 14.3 Å². The molecule has 100 valence electrons. The van der Waals surface area contributed by atoms with Crippen LogP contribution < -0.4 is 0 Å². The molecule has 0 aromatic heterocycles. The fourth-order valence-corrected chi connectivity index (χ4v) is 2.32. The zero-order chi connectivity index (χ0) is 12.5. The minimum Gasteiger partial charge on any atom is -0.382 e. The van der Waals surface area contributed by atoms with Gasteiger partial charge in [0, 0.05) is 25.6 Å². The molecule has 1 amide bonds. The van der Waals surface area contributed by atoms with Crippen molar-refractivity contribution in [3.63, 3.8) is 0 Å². The number of carbonyl (C=O) groups excluding carboxylic acids is 1. The lowest BCUT2D eigenvalue weighted by atomic mass is 10.1. The second-order valence-electron chi connectivity index (χ2n) is 4.26. The van der Waals surface area contributed by atoms with Crippen molar-refractivity contribution in [3.8, 4) is 0 Å². The van der Waals surface area contributed by atoms with Crippen LogP contribution in [0, 0.1) is 0 Å². The van der Waals surface area contributed by atoms with Crippen LogP contribution >= 0.6 is 11.6 Å². The molecule has 1 unspecified atom stereocenters. The largest absolute Gasteiger partial charge is 0.382 e. The first-order valence-corrected chi connectivity index (χ1v) is 6.75. The van der Waals surface area contributed by atoms with Gasteiger partial charge in [-0.05, 0) is 25.7 Å². The third-order valence-electron chi connectivity index (χ3n) is 3.03. The Morgan fingerprint density at radius 3 is 3.00 bits per heavy atom. The summed E-state index contributed by atoms with van der Waals surface area (Å²) in [6.45, 7) is 2.03. The standard InChI is InChI=1S/C12H22ClNO3/c1-16-8-9-17-10-12(15)14-7-3-5-11(14)4-2-6-13/h11H,2-10H2,1H3. The lowest BCUT2D eigenvalue weighted by Gasteiger charge is -2.24. The van der Waals surface area contributed by atoms with Crippen molar-refractivity contribution >= 4 is 17.5 Å². The smallest absolute Gasteiger partial charge is 0.248 e. The summed E-state index contributed by atoms with van der Waals surface area (Å²) >= 11 is 5.68. The van der Waals surface area contributed by atoms with Gasteiger partial charge in [-0.2, -0.15) is 0 Å². The number of halogens is 1. The Morgan fingerprint density at radius 2 is 2.29 bits per heavy atom. The molecule has 1 aliphatic heterocycles. The van der Waals surface area contributed by atoms with Gasteiger partial charge in [-0.3, -0.25) is 4.79 Å². The minimum absolute atomic E-state index is 0.0955. The SMILES string of the molecule is COCCOCC(=O)N1CCCC1CCCCl. The number of rotatable bonds is 8. The lowest BCUT2D eigenvalue weighted by Crippen LogP contribution is -2.38. The Morgan fingerprint density at radius 1 is 1.47 bits per heavy atom. The first-order valence-electron chi connectivity index (χ1n) is 6.21. The van der Waals surface area contributed by atoms with Gasteiger partial charge in [-0.15, -0.1) is 11.6 Å². The number of likely N-dealkylation sites (tertiary alicyclic amines) is 1. The van der Waals surface area contributed by atoms with Crippen LogP contribution in [0.2, 0.25) is 0 Å². The summed E-state index contributed by atoms with van der Waals surface area (Å²) in [5.74, 6) is 0.765. The summed E-state index contributed by atoms with van der Waals surface area (Å²) in [7, 11) is 1.62. The molecule has 0 bridgehead atoms. The van der Waals surface area contributed by atoms with E-state index in [2.05, 4.69) is 0 Å². The molecule has 1 aliphatic rings. The number of hydrogen-bond acceptors (Lipinski definition) is 3. The highest BCUT2D eigenvalue weighted by molar-refractivity contribution is 6.17. The van der Waals surface area contributed by atoms with Gasteiger partial charge < -0.3 is 14.4 Å². The van der Waals surface area contributed by atoms with Crippen LogP contribution in [-0.2, 0) is 14.3 Å². The molecule has 1 atom stereocenters. The molecule has 4 nitrogen and oxygen atoms in total. The average molecular weight is 264 g/mol. The van der Waals surface area contributed by atoms with Crippen LogP contribution in [-0.4, -0.2) is 56.2 Å². The van der Waals surface area contributed by atoms with Gasteiger partial charge in [-0.25, -0.2) is 0 Å². The maximum absolute atomic E-state index is 11.9. The second-order valence-corrected chi connectivity index (χ2v) is 4.64. The van der Waals surface area contributed by atoms with Gasteiger partial charge in [0.1, 0.15) is 6.61 Å². The minimum atomic E-state index is 0.0955. The van der Waals surface area contributed by atoms with E-state index in [0.717, 1.165) is 32.2 Å². The van der Waals surface area contributed by atoms with Crippen molar-refractivity contribution in [2.45, 2.75) is 31.7 Å².